The topological polar surface area (TPSA) is 0 Å². The summed E-state index contributed by atoms with van der Waals surface area (Å²) in [6.45, 7) is 0. The highest BCUT2D eigenvalue weighted by atomic mass is 35.5. The van der Waals surface area contributed by atoms with Crippen molar-refractivity contribution in [2.45, 2.75) is 10.5 Å². The van der Waals surface area contributed by atoms with Crippen LogP contribution >= 0.6 is 35.0 Å². The third-order valence-corrected chi connectivity index (χ3v) is 5.47. The monoisotopic (exact) mass is 310 g/mol. The second kappa shape index (κ2) is 7.84. The molecule has 0 saturated heterocycles. The molecule has 0 aromatic heterocycles. The van der Waals surface area contributed by atoms with Gasteiger partial charge in [0.15, 0.2) is 0 Å². The first-order valence-electron chi connectivity index (χ1n) is 6.22. The van der Waals surface area contributed by atoms with Gasteiger partial charge in [-0.2, -0.15) is 0 Å². The Hall–Kier alpha value is -0.630. The SMILES string of the molecule is ClCC(SC(CCl)c1ccccc1)c1ccccc1. The number of benzene rings is 2. The molecular formula is C16H16Cl2S. The summed E-state index contributed by atoms with van der Waals surface area (Å²) in [5.74, 6) is 1.18. The van der Waals surface area contributed by atoms with Crippen molar-refractivity contribution < 1.29 is 0 Å². The maximum atomic E-state index is 6.13. The van der Waals surface area contributed by atoms with Crippen molar-refractivity contribution in [3.8, 4) is 0 Å². The standard InChI is InChI=1S/C16H16Cl2S/c17-11-15(13-7-3-1-4-8-13)19-16(12-18)14-9-5-2-6-10-14/h1-10,15-16H,11-12H2. The Bertz CT molecular complexity index is 427. The van der Waals surface area contributed by atoms with Crippen LogP contribution in [-0.4, -0.2) is 11.8 Å². The molecule has 0 nitrogen and oxygen atoms in total. The molecular weight excluding hydrogens is 295 g/mol. The van der Waals surface area contributed by atoms with Crippen molar-refractivity contribution in [3.05, 3.63) is 71.8 Å². The summed E-state index contributed by atoms with van der Waals surface area (Å²) >= 11 is 14.1. The molecule has 0 heterocycles. The minimum atomic E-state index is 0.270. The van der Waals surface area contributed by atoms with E-state index in [0.717, 1.165) is 0 Å². The van der Waals surface area contributed by atoms with E-state index in [-0.39, 0.29) is 10.5 Å². The van der Waals surface area contributed by atoms with Gasteiger partial charge in [-0.1, -0.05) is 60.7 Å². The van der Waals surface area contributed by atoms with Crippen molar-refractivity contribution in [1.82, 2.24) is 0 Å². The van der Waals surface area contributed by atoms with E-state index in [0.29, 0.717) is 11.8 Å². The van der Waals surface area contributed by atoms with E-state index in [2.05, 4.69) is 24.3 Å². The summed E-state index contributed by atoms with van der Waals surface area (Å²) in [5, 5.41) is 0.540. The molecule has 0 bridgehead atoms. The number of halogens is 2. The van der Waals surface area contributed by atoms with Gasteiger partial charge < -0.3 is 0 Å². The second-order valence-corrected chi connectivity index (χ2v) is 6.27. The van der Waals surface area contributed by atoms with Crippen LogP contribution in [-0.2, 0) is 0 Å². The lowest BCUT2D eigenvalue weighted by Crippen LogP contribution is -2.03. The first-order chi connectivity index (χ1) is 9.35. The lowest BCUT2D eigenvalue weighted by molar-refractivity contribution is 1.05. The average Bonchev–Trinajstić information content (AvgIpc) is 2.50. The number of hydrogen-bond donors (Lipinski definition) is 0. The number of alkyl halides is 2. The Morgan fingerprint density at radius 3 is 1.37 bits per heavy atom. The molecule has 0 radical (unpaired) electrons. The fraction of sp³-hybridized carbons (Fsp3) is 0.250. The highest BCUT2D eigenvalue weighted by Gasteiger charge is 2.18. The molecule has 19 heavy (non-hydrogen) atoms. The van der Waals surface area contributed by atoms with E-state index in [9.17, 15) is 0 Å². The van der Waals surface area contributed by atoms with Gasteiger partial charge in [-0.3, -0.25) is 0 Å². The van der Waals surface area contributed by atoms with E-state index < -0.39 is 0 Å². The van der Waals surface area contributed by atoms with E-state index in [4.69, 9.17) is 23.2 Å². The zero-order chi connectivity index (χ0) is 13.5. The molecule has 0 saturated carbocycles. The Labute approximate surface area is 129 Å². The highest BCUT2D eigenvalue weighted by Crippen LogP contribution is 2.41. The third-order valence-electron chi connectivity index (χ3n) is 2.95. The molecule has 0 aliphatic carbocycles. The fourth-order valence-corrected chi connectivity index (χ4v) is 3.91. The van der Waals surface area contributed by atoms with E-state index in [1.807, 2.05) is 48.2 Å². The van der Waals surface area contributed by atoms with Gasteiger partial charge in [0, 0.05) is 22.3 Å². The first kappa shape index (κ1) is 14.8. The summed E-state index contributed by atoms with van der Waals surface area (Å²) < 4.78 is 0. The fourth-order valence-electron chi connectivity index (χ4n) is 1.94. The van der Waals surface area contributed by atoms with Crippen LogP contribution in [0.4, 0.5) is 0 Å². The van der Waals surface area contributed by atoms with Gasteiger partial charge >= 0.3 is 0 Å². The van der Waals surface area contributed by atoms with Gasteiger partial charge in [-0.25, -0.2) is 0 Å². The molecule has 2 aromatic rings. The molecule has 2 rings (SSSR count). The lowest BCUT2D eigenvalue weighted by Gasteiger charge is -2.21. The highest BCUT2D eigenvalue weighted by molar-refractivity contribution is 7.99. The molecule has 0 fully saturated rings. The van der Waals surface area contributed by atoms with Crippen molar-refractivity contribution in [2.75, 3.05) is 11.8 Å². The molecule has 100 valence electrons. The third kappa shape index (κ3) is 4.17. The number of rotatable bonds is 6. The van der Waals surface area contributed by atoms with Crippen molar-refractivity contribution >= 4 is 35.0 Å². The van der Waals surface area contributed by atoms with Crippen molar-refractivity contribution in [3.63, 3.8) is 0 Å². The van der Waals surface area contributed by atoms with Crippen LogP contribution in [0.1, 0.15) is 21.6 Å². The van der Waals surface area contributed by atoms with E-state index in [1.54, 1.807) is 0 Å². The van der Waals surface area contributed by atoms with Gasteiger partial charge in [0.25, 0.3) is 0 Å². The number of thioether (sulfide) groups is 1. The van der Waals surface area contributed by atoms with Gasteiger partial charge in [0.2, 0.25) is 0 Å². The quantitative estimate of drug-likeness (QED) is 0.618. The Kier molecular flexibility index (Phi) is 6.09. The van der Waals surface area contributed by atoms with Crippen LogP contribution in [0.3, 0.4) is 0 Å². The zero-order valence-corrected chi connectivity index (χ0v) is 12.8. The maximum absolute atomic E-state index is 6.13. The minimum Gasteiger partial charge on any atom is -0.143 e. The minimum absolute atomic E-state index is 0.270. The van der Waals surface area contributed by atoms with Crippen LogP contribution in [0.2, 0.25) is 0 Å². The maximum Gasteiger partial charge on any atom is 0.0439 e. The van der Waals surface area contributed by atoms with Crippen LogP contribution in [0.15, 0.2) is 60.7 Å². The largest absolute Gasteiger partial charge is 0.143 e. The van der Waals surface area contributed by atoms with Gasteiger partial charge in [0.05, 0.1) is 0 Å². The van der Waals surface area contributed by atoms with E-state index in [1.165, 1.54) is 11.1 Å². The summed E-state index contributed by atoms with van der Waals surface area (Å²) in [5.41, 5.74) is 2.52. The van der Waals surface area contributed by atoms with Crippen LogP contribution in [0.5, 0.6) is 0 Å². The van der Waals surface area contributed by atoms with Gasteiger partial charge in [-0.15, -0.1) is 35.0 Å². The Balaban J connectivity index is 2.13. The summed E-state index contributed by atoms with van der Waals surface area (Å²) in [4.78, 5) is 0. The Morgan fingerprint density at radius 2 is 1.05 bits per heavy atom. The summed E-state index contributed by atoms with van der Waals surface area (Å²) in [6, 6.07) is 20.7. The van der Waals surface area contributed by atoms with Gasteiger partial charge in [0.1, 0.15) is 0 Å². The number of hydrogen-bond acceptors (Lipinski definition) is 1. The molecule has 0 aliphatic heterocycles. The lowest BCUT2D eigenvalue weighted by atomic mass is 10.2. The molecule has 0 spiro atoms. The molecule has 0 N–H and O–H groups in total. The normalized spacial score (nSPS) is 14.0. The molecule has 0 aliphatic rings. The molecule has 2 aromatic carbocycles. The van der Waals surface area contributed by atoms with Crippen LogP contribution in [0, 0.1) is 0 Å². The molecule has 0 amide bonds. The van der Waals surface area contributed by atoms with Gasteiger partial charge in [-0.05, 0) is 11.1 Å². The molecule has 2 unspecified atom stereocenters. The average molecular weight is 311 g/mol. The van der Waals surface area contributed by atoms with Crippen LogP contribution < -0.4 is 0 Å². The van der Waals surface area contributed by atoms with Crippen LogP contribution in [0.25, 0.3) is 0 Å². The zero-order valence-electron chi connectivity index (χ0n) is 10.5. The second-order valence-electron chi connectivity index (χ2n) is 4.24. The summed E-state index contributed by atoms with van der Waals surface area (Å²) in [7, 11) is 0. The Morgan fingerprint density at radius 1 is 0.684 bits per heavy atom. The smallest absolute Gasteiger partial charge is 0.0439 e. The predicted molar refractivity (Wildman–Crippen MR) is 87.4 cm³/mol. The summed E-state index contributed by atoms with van der Waals surface area (Å²) in [6.07, 6.45) is 0. The first-order valence-corrected chi connectivity index (χ1v) is 8.23. The molecule has 2 atom stereocenters. The van der Waals surface area contributed by atoms with E-state index >= 15 is 0 Å². The van der Waals surface area contributed by atoms with Crippen molar-refractivity contribution in [1.29, 1.82) is 0 Å². The van der Waals surface area contributed by atoms with Crippen molar-refractivity contribution in [2.24, 2.45) is 0 Å². The molecule has 3 heteroatoms. The predicted octanol–water partition coefficient (Wildman–Crippen LogP) is 5.68.